The highest BCUT2D eigenvalue weighted by molar-refractivity contribution is 7.88. The van der Waals surface area contributed by atoms with Gasteiger partial charge in [-0.25, -0.2) is 13.1 Å². The van der Waals surface area contributed by atoms with Gasteiger partial charge in [0.05, 0.1) is 17.4 Å². The molecule has 0 saturated heterocycles. The number of hydrogen-bond donors (Lipinski definition) is 2. The highest BCUT2D eigenvalue weighted by atomic mass is 32.2. The minimum absolute atomic E-state index is 0.155. The van der Waals surface area contributed by atoms with Crippen LogP contribution in [-0.4, -0.2) is 8.42 Å². The van der Waals surface area contributed by atoms with Gasteiger partial charge in [-0.2, -0.15) is 5.26 Å². The number of nitrogens with two attached hydrogens (primary N) is 1. The zero-order valence-electron chi connectivity index (χ0n) is 11.3. The number of rotatable bonds is 5. The van der Waals surface area contributed by atoms with Crippen molar-refractivity contribution in [3.05, 3.63) is 65.2 Å². The molecule has 0 fully saturated rings. The Morgan fingerprint density at radius 3 is 2.48 bits per heavy atom. The van der Waals surface area contributed by atoms with E-state index < -0.39 is 10.0 Å². The molecule has 0 radical (unpaired) electrons. The Hall–Kier alpha value is -2.36. The minimum atomic E-state index is -3.46. The summed E-state index contributed by atoms with van der Waals surface area (Å²) in [6, 6.07) is 15.5. The van der Waals surface area contributed by atoms with E-state index in [0.29, 0.717) is 16.8 Å². The van der Waals surface area contributed by atoms with Crippen molar-refractivity contribution in [1.82, 2.24) is 4.72 Å². The van der Waals surface area contributed by atoms with Crippen molar-refractivity contribution < 1.29 is 8.42 Å². The Labute approximate surface area is 124 Å². The molecule has 5 nitrogen and oxygen atoms in total. The van der Waals surface area contributed by atoms with Crippen LogP contribution in [-0.2, 0) is 22.3 Å². The normalized spacial score (nSPS) is 11.0. The lowest BCUT2D eigenvalue weighted by atomic mass is 10.2. The molecule has 2 rings (SSSR count). The summed E-state index contributed by atoms with van der Waals surface area (Å²) in [6.45, 7) is 0.209. The fourth-order valence-corrected chi connectivity index (χ4v) is 2.94. The van der Waals surface area contributed by atoms with Crippen LogP contribution in [0.5, 0.6) is 0 Å². The van der Waals surface area contributed by atoms with E-state index in [0.717, 1.165) is 5.56 Å². The Bertz CT molecular complexity index is 762. The largest absolute Gasteiger partial charge is 0.399 e. The number of nitrogens with one attached hydrogen (secondary N) is 1. The molecular weight excluding hydrogens is 286 g/mol. The zero-order valence-corrected chi connectivity index (χ0v) is 12.1. The lowest BCUT2D eigenvalue weighted by Crippen LogP contribution is -2.24. The van der Waals surface area contributed by atoms with Gasteiger partial charge in [0.2, 0.25) is 10.0 Å². The zero-order chi connectivity index (χ0) is 15.3. The van der Waals surface area contributed by atoms with E-state index in [1.807, 2.05) is 6.07 Å². The number of benzene rings is 2. The molecule has 0 spiro atoms. The average Bonchev–Trinajstić information content (AvgIpc) is 2.46. The molecule has 6 heteroatoms. The number of nitrogens with zero attached hydrogens (tertiary/aromatic N) is 1. The van der Waals surface area contributed by atoms with Crippen LogP contribution in [0.15, 0.2) is 48.5 Å². The van der Waals surface area contributed by atoms with Gasteiger partial charge in [0.15, 0.2) is 0 Å². The van der Waals surface area contributed by atoms with Crippen molar-refractivity contribution in [2.24, 2.45) is 0 Å². The maximum absolute atomic E-state index is 12.0. The third-order valence-corrected chi connectivity index (χ3v) is 4.19. The molecule has 0 aliphatic carbocycles. The summed E-state index contributed by atoms with van der Waals surface area (Å²) in [5.74, 6) is -0.155. The Kier molecular flexibility index (Phi) is 4.58. The van der Waals surface area contributed by atoms with Gasteiger partial charge in [0, 0.05) is 12.2 Å². The standard InChI is InChI=1S/C15H15N3O2S/c16-9-13-2-1-3-14(8-13)11-21(19,20)18-10-12-4-6-15(17)7-5-12/h1-8,18H,10-11,17H2. The van der Waals surface area contributed by atoms with E-state index in [1.165, 1.54) is 0 Å². The molecule has 3 N–H and O–H groups in total. The third-order valence-electron chi connectivity index (χ3n) is 2.89. The first-order chi connectivity index (χ1) is 9.98. The molecule has 2 aromatic carbocycles. The summed E-state index contributed by atoms with van der Waals surface area (Å²) in [5.41, 5.74) is 8.07. The fraction of sp³-hybridized carbons (Fsp3) is 0.133. The molecule has 0 aliphatic rings. The molecule has 0 bridgehead atoms. The predicted octanol–water partition coefficient (Wildman–Crippen LogP) is 1.76. The number of nitrogen functional groups attached to an aromatic ring is 1. The molecule has 0 saturated carbocycles. The smallest absolute Gasteiger partial charge is 0.216 e. The van der Waals surface area contributed by atoms with Gasteiger partial charge in [-0.1, -0.05) is 24.3 Å². The summed E-state index contributed by atoms with van der Waals surface area (Å²) >= 11 is 0. The van der Waals surface area contributed by atoms with Gasteiger partial charge in [-0.3, -0.25) is 0 Å². The highest BCUT2D eigenvalue weighted by Crippen LogP contribution is 2.09. The molecule has 0 unspecified atom stereocenters. The van der Waals surface area contributed by atoms with Crippen molar-refractivity contribution in [2.75, 3.05) is 5.73 Å². The van der Waals surface area contributed by atoms with Crippen LogP contribution < -0.4 is 10.5 Å². The van der Waals surface area contributed by atoms with Crippen molar-refractivity contribution in [3.8, 4) is 6.07 Å². The third kappa shape index (κ3) is 4.60. The van der Waals surface area contributed by atoms with Gasteiger partial charge >= 0.3 is 0 Å². The van der Waals surface area contributed by atoms with Crippen molar-refractivity contribution >= 4 is 15.7 Å². The van der Waals surface area contributed by atoms with E-state index in [-0.39, 0.29) is 12.3 Å². The fourth-order valence-electron chi connectivity index (χ4n) is 1.83. The SMILES string of the molecule is N#Cc1cccc(CS(=O)(=O)NCc2ccc(N)cc2)c1. The number of nitriles is 1. The monoisotopic (exact) mass is 301 g/mol. The first kappa shape index (κ1) is 15.0. The molecule has 0 atom stereocenters. The van der Waals surface area contributed by atoms with Gasteiger partial charge in [-0.05, 0) is 35.4 Å². The van der Waals surface area contributed by atoms with Gasteiger partial charge in [0.1, 0.15) is 0 Å². The second-order valence-electron chi connectivity index (χ2n) is 4.63. The molecule has 2 aromatic rings. The lowest BCUT2D eigenvalue weighted by molar-refractivity contribution is 0.580. The van der Waals surface area contributed by atoms with Crippen molar-refractivity contribution in [1.29, 1.82) is 5.26 Å². The molecule has 0 heterocycles. The molecule has 21 heavy (non-hydrogen) atoms. The highest BCUT2D eigenvalue weighted by Gasteiger charge is 2.11. The number of anilines is 1. The van der Waals surface area contributed by atoms with Crippen molar-refractivity contribution in [3.63, 3.8) is 0 Å². The molecule has 0 amide bonds. The second-order valence-corrected chi connectivity index (χ2v) is 6.44. The van der Waals surface area contributed by atoms with Crippen LogP contribution in [0.2, 0.25) is 0 Å². The van der Waals surface area contributed by atoms with E-state index in [2.05, 4.69) is 4.72 Å². The van der Waals surface area contributed by atoms with Gasteiger partial charge in [0.25, 0.3) is 0 Å². The van der Waals surface area contributed by atoms with Crippen LogP contribution in [0.1, 0.15) is 16.7 Å². The summed E-state index contributed by atoms with van der Waals surface area (Å²) < 4.78 is 26.6. The quantitative estimate of drug-likeness (QED) is 0.822. The van der Waals surface area contributed by atoms with E-state index in [4.69, 9.17) is 11.0 Å². The maximum Gasteiger partial charge on any atom is 0.216 e. The minimum Gasteiger partial charge on any atom is -0.399 e. The topological polar surface area (TPSA) is 96.0 Å². The molecular formula is C15H15N3O2S. The molecule has 0 aromatic heterocycles. The van der Waals surface area contributed by atoms with Gasteiger partial charge < -0.3 is 5.73 Å². The van der Waals surface area contributed by atoms with Crippen LogP contribution in [0.3, 0.4) is 0 Å². The lowest BCUT2D eigenvalue weighted by Gasteiger charge is -2.07. The van der Waals surface area contributed by atoms with E-state index >= 15 is 0 Å². The summed E-state index contributed by atoms with van der Waals surface area (Å²) in [6.07, 6.45) is 0. The van der Waals surface area contributed by atoms with Crippen LogP contribution in [0.4, 0.5) is 5.69 Å². The van der Waals surface area contributed by atoms with Crippen LogP contribution in [0.25, 0.3) is 0 Å². The van der Waals surface area contributed by atoms with E-state index in [9.17, 15) is 8.42 Å². The second kappa shape index (κ2) is 6.39. The summed E-state index contributed by atoms with van der Waals surface area (Å²) in [5, 5.41) is 8.81. The Morgan fingerprint density at radius 1 is 1.10 bits per heavy atom. The van der Waals surface area contributed by atoms with Gasteiger partial charge in [-0.15, -0.1) is 0 Å². The number of hydrogen-bond acceptors (Lipinski definition) is 4. The average molecular weight is 301 g/mol. The molecule has 0 aliphatic heterocycles. The Morgan fingerprint density at radius 2 is 1.81 bits per heavy atom. The van der Waals surface area contributed by atoms with Crippen molar-refractivity contribution in [2.45, 2.75) is 12.3 Å². The first-order valence-corrected chi connectivity index (χ1v) is 7.94. The maximum atomic E-state index is 12.0. The predicted molar refractivity (Wildman–Crippen MR) is 81.5 cm³/mol. The summed E-state index contributed by atoms with van der Waals surface area (Å²) in [7, 11) is -3.46. The van der Waals surface area contributed by atoms with E-state index in [1.54, 1.807) is 48.5 Å². The number of sulfonamides is 1. The Balaban J connectivity index is 2.01. The molecule has 108 valence electrons. The summed E-state index contributed by atoms with van der Waals surface area (Å²) in [4.78, 5) is 0. The first-order valence-electron chi connectivity index (χ1n) is 6.29. The van der Waals surface area contributed by atoms with Crippen LogP contribution in [0, 0.1) is 11.3 Å². The van der Waals surface area contributed by atoms with Crippen LogP contribution >= 0.6 is 0 Å².